The highest BCUT2D eigenvalue weighted by molar-refractivity contribution is 6.31. The van der Waals surface area contributed by atoms with Gasteiger partial charge in [-0.1, -0.05) is 30.3 Å². The number of furan rings is 1. The van der Waals surface area contributed by atoms with E-state index in [9.17, 15) is 19.7 Å². The largest absolute Gasteiger partial charge is 0.457 e. The molecule has 1 aliphatic rings. The smallest absolute Gasteiger partial charge is 0.282 e. The molecule has 144 valence electrons. The van der Waals surface area contributed by atoms with E-state index < -0.39 is 16.7 Å². The van der Waals surface area contributed by atoms with Crippen LogP contribution in [0.25, 0.3) is 17.4 Å². The van der Waals surface area contributed by atoms with Crippen molar-refractivity contribution >= 4 is 29.3 Å². The summed E-state index contributed by atoms with van der Waals surface area (Å²) in [6.07, 6.45) is 1.35. The number of hydrogen-bond donors (Lipinski definition) is 1. The molecule has 3 aromatic rings. The zero-order valence-electron chi connectivity index (χ0n) is 15.3. The lowest BCUT2D eigenvalue weighted by Gasteiger charge is -2.13. The van der Waals surface area contributed by atoms with Crippen LogP contribution in [0.4, 0.5) is 11.4 Å². The Balaban J connectivity index is 1.63. The summed E-state index contributed by atoms with van der Waals surface area (Å²) >= 11 is 0. The third-order valence-electron chi connectivity index (χ3n) is 4.51. The molecule has 29 heavy (non-hydrogen) atoms. The van der Waals surface area contributed by atoms with Gasteiger partial charge in [0.25, 0.3) is 17.5 Å². The lowest BCUT2D eigenvalue weighted by atomic mass is 10.1. The van der Waals surface area contributed by atoms with Crippen molar-refractivity contribution in [3.63, 3.8) is 0 Å². The summed E-state index contributed by atoms with van der Waals surface area (Å²) in [7, 11) is 0. The number of amides is 2. The van der Waals surface area contributed by atoms with Crippen LogP contribution in [0.2, 0.25) is 0 Å². The molecule has 0 saturated carbocycles. The Morgan fingerprint density at radius 3 is 2.55 bits per heavy atom. The van der Waals surface area contributed by atoms with Crippen molar-refractivity contribution in [2.75, 3.05) is 5.01 Å². The molecule has 1 N–H and O–H groups in total. The SMILES string of the molecule is Cc1ccc(-c2ccc(/C=C3\C(=O)NN(c4ccccc4)C3=O)o2)cc1[N+](=O)[O-]. The molecule has 1 saturated heterocycles. The number of rotatable bonds is 4. The van der Waals surface area contributed by atoms with Crippen LogP contribution in [0.5, 0.6) is 0 Å². The van der Waals surface area contributed by atoms with Gasteiger partial charge in [0.2, 0.25) is 0 Å². The quantitative estimate of drug-likeness (QED) is 0.317. The fourth-order valence-corrected chi connectivity index (χ4v) is 3.00. The van der Waals surface area contributed by atoms with Gasteiger partial charge in [0, 0.05) is 17.2 Å². The second kappa shape index (κ2) is 7.08. The highest BCUT2D eigenvalue weighted by Gasteiger charge is 2.34. The molecule has 4 rings (SSSR count). The first-order valence-corrected chi connectivity index (χ1v) is 8.71. The number of nitrogens with one attached hydrogen (secondary N) is 1. The van der Waals surface area contributed by atoms with Crippen LogP contribution in [0.3, 0.4) is 0 Å². The third kappa shape index (κ3) is 3.39. The van der Waals surface area contributed by atoms with E-state index in [4.69, 9.17) is 4.42 Å². The van der Waals surface area contributed by atoms with E-state index in [1.165, 1.54) is 17.2 Å². The van der Waals surface area contributed by atoms with Crippen LogP contribution in [-0.2, 0) is 9.59 Å². The molecule has 2 aromatic carbocycles. The van der Waals surface area contributed by atoms with E-state index in [1.54, 1.807) is 55.5 Å². The number of aryl methyl sites for hydroxylation is 1. The predicted octanol–water partition coefficient (Wildman–Crippen LogP) is 3.62. The highest BCUT2D eigenvalue weighted by Crippen LogP contribution is 2.29. The third-order valence-corrected chi connectivity index (χ3v) is 4.51. The molecular formula is C21H15N3O5. The second-order valence-corrected chi connectivity index (χ2v) is 6.44. The van der Waals surface area contributed by atoms with Crippen molar-refractivity contribution in [3.05, 3.63) is 87.7 Å². The average molecular weight is 389 g/mol. The van der Waals surface area contributed by atoms with Crippen LogP contribution >= 0.6 is 0 Å². The molecule has 2 heterocycles. The molecule has 8 heteroatoms. The number of anilines is 1. The second-order valence-electron chi connectivity index (χ2n) is 6.44. The first-order chi connectivity index (χ1) is 13.9. The van der Waals surface area contributed by atoms with Crippen molar-refractivity contribution in [2.45, 2.75) is 6.92 Å². The minimum Gasteiger partial charge on any atom is -0.457 e. The lowest BCUT2D eigenvalue weighted by Crippen LogP contribution is -2.35. The summed E-state index contributed by atoms with van der Waals surface area (Å²) in [5.74, 6) is -0.352. The van der Waals surface area contributed by atoms with E-state index in [0.29, 0.717) is 22.6 Å². The van der Waals surface area contributed by atoms with E-state index in [2.05, 4.69) is 5.43 Å². The number of hydrazine groups is 1. The number of hydrogen-bond acceptors (Lipinski definition) is 5. The van der Waals surface area contributed by atoms with Gasteiger partial charge < -0.3 is 4.42 Å². The van der Waals surface area contributed by atoms with Crippen LogP contribution in [-0.4, -0.2) is 16.7 Å². The minimum absolute atomic E-state index is 0.0114. The van der Waals surface area contributed by atoms with Crippen molar-refractivity contribution in [1.29, 1.82) is 0 Å². The number of nitro groups is 1. The van der Waals surface area contributed by atoms with Gasteiger partial charge in [-0.15, -0.1) is 0 Å². The summed E-state index contributed by atoms with van der Waals surface area (Å²) in [5.41, 5.74) is 4.05. The van der Waals surface area contributed by atoms with E-state index in [-0.39, 0.29) is 17.0 Å². The molecule has 0 atom stereocenters. The molecule has 0 spiro atoms. The van der Waals surface area contributed by atoms with Crippen LogP contribution in [0, 0.1) is 17.0 Å². The average Bonchev–Trinajstić information content (AvgIpc) is 3.29. The maximum atomic E-state index is 12.6. The lowest BCUT2D eigenvalue weighted by molar-refractivity contribution is -0.385. The van der Waals surface area contributed by atoms with Gasteiger partial charge in [0.15, 0.2) is 0 Å². The summed E-state index contributed by atoms with van der Waals surface area (Å²) in [6, 6.07) is 16.7. The van der Waals surface area contributed by atoms with Gasteiger partial charge in [-0.2, -0.15) is 0 Å². The monoisotopic (exact) mass is 389 g/mol. The number of para-hydroxylation sites is 1. The molecule has 1 aliphatic heterocycles. The molecule has 0 bridgehead atoms. The standard InChI is InChI=1S/C21H15N3O5/c1-13-7-8-14(11-18(13)24(27)28)19-10-9-16(29-19)12-17-20(25)22-23(21(17)26)15-5-3-2-4-6-15/h2-12H,1H3,(H,22,25)/b17-12+. The van der Waals surface area contributed by atoms with Gasteiger partial charge in [-0.3, -0.25) is 25.1 Å². The number of carbonyl (C=O) groups is 2. The summed E-state index contributed by atoms with van der Waals surface area (Å²) in [5, 5.41) is 12.3. The van der Waals surface area contributed by atoms with Gasteiger partial charge in [-0.25, -0.2) is 5.01 Å². The number of benzene rings is 2. The first-order valence-electron chi connectivity index (χ1n) is 8.71. The van der Waals surface area contributed by atoms with Gasteiger partial charge in [0.05, 0.1) is 10.6 Å². The number of carbonyl (C=O) groups excluding carboxylic acids is 2. The zero-order valence-corrected chi connectivity index (χ0v) is 15.3. The molecular weight excluding hydrogens is 374 g/mol. The summed E-state index contributed by atoms with van der Waals surface area (Å²) in [4.78, 5) is 35.5. The topological polar surface area (TPSA) is 106 Å². The molecule has 2 amide bonds. The Hall–Kier alpha value is -4.20. The normalized spacial score (nSPS) is 15.1. The Kier molecular flexibility index (Phi) is 4.44. The fraction of sp³-hybridized carbons (Fsp3) is 0.0476. The van der Waals surface area contributed by atoms with E-state index in [0.717, 1.165) is 0 Å². The van der Waals surface area contributed by atoms with Crippen molar-refractivity contribution < 1.29 is 18.9 Å². The van der Waals surface area contributed by atoms with Crippen molar-refractivity contribution in [2.24, 2.45) is 0 Å². The molecule has 8 nitrogen and oxygen atoms in total. The maximum Gasteiger partial charge on any atom is 0.282 e. The molecule has 0 radical (unpaired) electrons. The highest BCUT2D eigenvalue weighted by atomic mass is 16.6. The Labute approximate surface area is 165 Å². The zero-order chi connectivity index (χ0) is 20.5. The molecule has 1 fully saturated rings. The Morgan fingerprint density at radius 2 is 1.83 bits per heavy atom. The van der Waals surface area contributed by atoms with Crippen molar-refractivity contribution in [1.82, 2.24) is 5.43 Å². The van der Waals surface area contributed by atoms with Crippen LogP contribution in [0.1, 0.15) is 11.3 Å². The van der Waals surface area contributed by atoms with Gasteiger partial charge >= 0.3 is 0 Å². The molecule has 0 aliphatic carbocycles. The van der Waals surface area contributed by atoms with Crippen LogP contribution in [0.15, 0.2) is 70.7 Å². The van der Waals surface area contributed by atoms with Crippen molar-refractivity contribution in [3.8, 4) is 11.3 Å². The Morgan fingerprint density at radius 1 is 1.07 bits per heavy atom. The maximum absolute atomic E-state index is 12.6. The minimum atomic E-state index is -0.539. The molecule has 1 aromatic heterocycles. The number of nitrogens with zero attached hydrogens (tertiary/aromatic N) is 2. The fourth-order valence-electron chi connectivity index (χ4n) is 3.00. The summed E-state index contributed by atoms with van der Waals surface area (Å²) in [6.45, 7) is 1.66. The Bertz CT molecular complexity index is 1160. The van der Waals surface area contributed by atoms with E-state index >= 15 is 0 Å². The van der Waals surface area contributed by atoms with Gasteiger partial charge in [0.1, 0.15) is 17.1 Å². The molecule has 0 unspecified atom stereocenters. The predicted molar refractivity (Wildman–Crippen MR) is 106 cm³/mol. The summed E-state index contributed by atoms with van der Waals surface area (Å²) < 4.78 is 5.69. The van der Waals surface area contributed by atoms with Gasteiger partial charge in [-0.05, 0) is 37.3 Å². The van der Waals surface area contributed by atoms with Crippen LogP contribution < -0.4 is 10.4 Å². The number of nitro benzene ring substituents is 1. The van der Waals surface area contributed by atoms with E-state index in [1.807, 2.05) is 6.07 Å². The first kappa shape index (κ1) is 18.2.